The third-order valence-corrected chi connectivity index (χ3v) is 5.37. The van der Waals surface area contributed by atoms with Crippen molar-refractivity contribution in [3.63, 3.8) is 0 Å². The van der Waals surface area contributed by atoms with E-state index in [0.29, 0.717) is 19.8 Å². The molecule has 1 heterocycles. The van der Waals surface area contributed by atoms with E-state index in [0.717, 1.165) is 19.3 Å². The fourth-order valence-corrected chi connectivity index (χ4v) is 4.10. The normalized spacial score (nSPS) is 31.6. The average molecular weight is 290 g/mol. The first kappa shape index (κ1) is 15.0. The Labute approximate surface area is 127 Å². The Morgan fingerprint density at radius 2 is 1.90 bits per heavy atom. The minimum atomic E-state index is -0.487. The topological polar surface area (TPSA) is 27.7 Å². The molecule has 0 amide bonds. The van der Waals surface area contributed by atoms with Crippen LogP contribution in [0.3, 0.4) is 0 Å². The minimum Gasteiger partial charge on any atom is -0.373 e. The van der Waals surface area contributed by atoms with E-state index >= 15 is 0 Å². The van der Waals surface area contributed by atoms with E-state index in [1.807, 2.05) is 6.07 Å². The Bertz CT molecular complexity index is 453. The number of hydrogen-bond donors (Lipinski definition) is 0. The van der Waals surface area contributed by atoms with Crippen molar-refractivity contribution in [1.82, 2.24) is 0 Å². The van der Waals surface area contributed by atoms with Gasteiger partial charge in [-0.05, 0) is 38.2 Å². The van der Waals surface area contributed by atoms with Crippen LogP contribution in [-0.4, -0.2) is 25.1 Å². The van der Waals surface area contributed by atoms with Crippen molar-refractivity contribution in [3.05, 3.63) is 35.9 Å². The highest BCUT2D eigenvalue weighted by Crippen LogP contribution is 2.53. The molecule has 0 aromatic heterocycles. The summed E-state index contributed by atoms with van der Waals surface area (Å²) in [4.78, 5) is 0. The molecular weight excluding hydrogens is 264 g/mol. The second-order valence-electron chi connectivity index (χ2n) is 6.33. The second kappa shape index (κ2) is 6.07. The van der Waals surface area contributed by atoms with Crippen molar-refractivity contribution in [3.8, 4) is 0 Å². The van der Waals surface area contributed by atoms with Gasteiger partial charge in [0.25, 0.3) is 0 Å². The highest BCUT2D eigenvalue weighted by atomic mass is 16.7. The summed E-state index contributed by atoms with van der Waals surface area (Å²) in [7, 11) is 0. The smallest absolute Gasteiger partial charge is 0.173 e. The Morgan fingerprint density at radius 1 is 1.19 bits per heavy atom. The number of hydrogen-bond acceptors (Lipinski definition) is 3. The lowest BCUT2D eigenvalue weighted by Crippen LogP contribution is -2.52. The van der Waals surface area contributed by atoms with Gasteiger partial charge >= 0.3 is 0 Å². The standard InChI is InChI=1S/C18H26O3/c1-3-18(17(2)20-12-13-21-17)11-7-10-16(18)19-14-15-8-5-4-6-9-15/h4-6,8-9,16H,3,7,10-14H2,1-2H3. The van der Waals surface area contributed by atoms with Crippen molar-refractivity contribution in [2.75, 3.05) is 13.2 Å². The first-order valence-corrected chi connectivity index (χ1v) is 8.14. The molecule has 3 nitrogen and oxygen atoms in total. The third kappa shape index (κ3) is 2.63. The highest BCUT2D eigenvalue weighted by Gasteiger charge is 2.58. The molecule has 116 valence electrons. The second-order valence-corrected chi connectivity index (χ2v) is 6.33. The number of rotatable bonds is 5. The molecule has 0 radical (unpaired) electrons. The molecule has 1 saturated carbocycles. The van der Waals surface area contributed by atoms with Gasteiger partial charge in [0.05, 0.1) is 31.3 Å². The molecule has 2 fully saturated rings. The molecular formula is C18H26O3. The maximum absolute atomic E-state index is 6.31. The van der Waals surface area contributed by atoms with Crippen LogP contribution in [0.5, 0.6) is 0 Å². The van der Waals surface area contributed by atoms with E-state index in [1.54, 1.807) is 0 Å². The SMILES string of the molecule is CCC1(C2(C)OCCO2)CCCC1OCc1ccccc1. The lowest BCUT2D eigenvalue weighted by molar-refractivity contribution is -0.255. The molecule has 1 aromatic carbocycles. The maximum atomic E-state index is 6.31. The van der Waals surface area contributed by atoms with Crippen molar-refractivity contribution in [2.24, 2.45) is 5.41 Å². The Morgan fingerprint density at radius 3 is 2.57 bits per heavy atom. The zero-order chi connectivity index (χ0) is 14.8. The van der Waals surface area contributed by atoms with Crippen LogP contribution in [0, 0.1) is 5.41 Å². The molecule has 2 aliphatic rings. The summed E-state index contributed by atoms with van der Waals surface area (Å²) in [6, 6.07) is 10.4. The molecule has 1 aromatic rings. The largest absolute Gasteiger partial charge is 0.373 e. The van der Waals surface area contributed by atoms with E-state index in [4.69, 9.17) is 14.2 Å². The van der Waals surface area contributed by atoms with E-state index in [9.17, 15) is 0 Å². The minimum absolute atomic E-state index is 0.0156. The predicted octanol–water partition coefficient (Wildman–Crippen LogP) is 3.92. The quantitative estimate of drug-likeness (QED) is 0.822. The van der Waals surface area contributed by atoms with E-state index in [2.05, 4.69) is 38.1 Å². The molecule has 3 heteroatoms. The third-order valence-electron chi connectivity index (χ3n) is 5.37. The van der Waals surface area contributed by atoms with Crippen LogP contribution >= 0.6 is 0 Å². The van der Waals surface area contributed by atoms with Gasteiger partial charge in [-0.3, -0.25) is 0 Å². The monoisotopic (exact) mass is 290 g/mol. The van der Waals surface area contributed by atoms with Crippen molar-refractivity contribution < 1.29 is 14.2 Å². The summed E-state index contributed by atoms with van der Waals surface area (Å²) >= 11 is 0. The summed E-state index contributed by atoms with van der Waals surface area (Å²) in [5.41, 5.74) is 1.21. The zero-order valence-electron chi connectivity index (χ0n) is 13.1. The summed E-state index contributed by atoms with van der Waals surface area (Å²) < 4.78 is 18.3. The van der Waals surface area contributed by atoms with Gasteiger partial charge in [-0.15, -0.1) is 0 Å². The van der Waals surface area contributed by atoms with E-state index in [1.165, 1.54) is 12.0 Å². The fourth-order valence-electron chi connectivity index (χ4n) is 4.10. The van der Waals surface area contributed by atoms with Crippen LogP contribution in [0.25, 0.3) is 0 Å². The van der Waals surface area contributed by atoms with Gasteiger partial charge in [-0.25, -0.2) is 0 Å². The van der Waals surface area contributed by atoms with Gasteiger partial charge in [0, 0.05) is 0 Å². The van der Waals surface area contributed by atoms with Crippen LogP contribution in [0.4, 0.5) is 0 Å². The molecule has 1 saturated heterocycles. The molecule has 3 rings (SSSR count). The van der Waals surface area contributed by atoms with E-state index < -0.39 is 5.79 Å². The predicted molar refractivity (Wildman–Crippen MR) is 81.9 cm³/mol. The zero-order valence-corrected chi connectivity index (χ0v) is 13.1. The van der Waals surface area contributed by atoms with E-state index in [-0.39, 0.29) is 11.5 Å². The fraction of sp³-hybridized carbons (Fsp3) is 0.667. The molecule has 2 atom stereocenters. The van der Waals surface area contributed by atoms with Crippen LogP contribution < -0.4 is 0 Å². The first-order chi connectivity index (χ1) is 10.2. The van der Waals surface area contributed by atoms with Crippen LogP contribution in [0.2, 0.25) is 0 Å². The lowest BCUT2D eigenvalue weighted by atomic mass is 9.74. The van der Waals surface area contributed by atoms with Gasteiger partial charge in [0.2, 0.25) is 0 Å². The molecule has 1 aliphatic carbocycles. The Kier molecular flexibility index (Phi) is 4.34. The van der Waals surface area contributed by atoms with Crippen LogP contribution in [0.1, 0.15) is 45.1 Å². The molecule has 0 bridgehead atoms. The molecule has 1 aliphatic heterocycles. The lowest BCUT2D eigenvalue weighted by Gasteiger charge is -2.45. The summed E-state index contributed by atoms with van der Waals surface area (Å²) in [5, 5.41) is 0. The van der Waals surface area contributed by atoms with Crippen molar-refractivity contribution in [2.45, 2.75) is 58.0 Å². The van der Waals surface area contributed by atoms with Gasteiger partial charge in [0.1, 0.15) is 0 Å². The van der Waals surface area contributed by atoms with Gasteiger partial charge in [-0.2, -0.15) is 0 Å². The summed E-state index contributed by atoms with van der Waals surface area (Å²) in [6.45, 7) is 6.41. The maximum Gasteiger partial charge on any atom is 0.173 e. The van der Waals surface area contributed by atoms with Gasteiger partial charge in [0.15, 0.2) is 5.79 Å². The molecule has 0 spiro atoms. The van der Waals surface area contributed by atoms with Gasteiger partial charge in [-0.1, -0.05) is 37.3 Å². The molecule has 0 N–H and O–H groups in total. The van der Waals surface area contributed by atoms with Gasteiger partial charge < -0.3 is 14.2 Å². The number of benzene rings is 1. The van der Waals surface area contributed by atoms with Crippen molar-refractivity contribution in [1.29, 1.82) is 0 Å². The summed E-state index contributed by atoms with van der Waals surface area (Å²) in [5.74, 6) is -0.487. The number of ether oxygens (including phenoxy) is 3. The average Bonchev–Trinajstić information content (AvgIpc) is 3.14. The van der Waals surface area contributed by atoms with Crippen LogP contribution in [0.15, 0.2) is 30.3 Å². The molecule has 2 unspecified atom stereocenters. The first-order valence-electron chi connectivity index (χ1n) is 8.14. The summed E-state index contributed by atoms with van der Waals surface area (Å²) in [6.07, 6.45) is 4.66. The highest BCUT2D eigenvalue weighted by molar-refractivity contribution is 5.13. The van der Waals surface area contributed by atoms with Crippen LogP contribution in [-0.2, 0) is 20.8 Å². The Balaban J connectivity index is 1.74. The van der Waals surface area contributed by atoms with Crippen molar-refractivity contribution >= 4 is 0 Å². The molecule has 21 heavy (non-hydrogen) atoms. The Hall–Kier alpha value is -0.900.